The van der Waals surface area contributed by atoms with Crippen molar-refractivity contribution in [3.8, 4) is 0 Å². The molecule has 0 spiro atoms. The molecule has 0 amide bonds. The molecule has 0 heterocycles. The fraction of sp³-hybridized carbons (Fsp3) is 0.455. The Kier molecular flexibility index (Phi) is 4.98. The van der Waals surface area contributed by atoms with Gasteiger partial charge in [0.1, 0.15) is 0 Å². The number of benzene rings is 1. The minimum atomic E-state index is 0.751. The topological polar surface area (TPSA) is 29.3 Å². The van der Waals surface area contributed by atoms with E-state index in [4.69, 9.17) is 5.73 Å². The lowest BCUT2D eigenvalue weighted by Crippen LogP contribution is -2.25. The zero-order valence-electron chi connectivity index (χ0n) is 8.54. The fourth-order valence-electron chi connectivity index (χ4n) is 1.44. The van der Waals surface area contributed by atoms with Crippen LogP contribution < -0.4 is 10.6 Å². The predicted molar refractivity (Wildman–Crippen MR) is 65.7 cm³/mol. The molecule has 0 fully saturated rings. The molecule has 1 aromatic rings. The van der Waals surface area contributed by atoms with Gasteiger partial charge >= 0.3 is 0 Å². The quantitative estimate of drug-likeness (QED) is 0.878. The van der Waals surface area contributed by atoms with Crippen LogP contribution in [0.15, 0.2) is 28.7 Å². The van der Waals surface area contributed by atoms with E-state index in [0.29, 0.717) is 0 Å². The zero-order valence-corrected chi connectivity index (χ0v) is 10.1. The molecular weight excluding hydrogens is 240 g/mol. The molecular formula is C11H17BrN2. The standard InChI is InChI=1S/C11H17BrN2/c1-2-14(9-5-8-13)11-7-4-3-6-10(11)12/h3-4,6-7H,2,5,8-9,13H2,1H3. The van der Waals surface area contributed by atoms with Crippen LogP contribution in [0.2, 0.25) is 0 Å². The zero-order chi connectivity index (χ0) is 10.4. The molecule has 0 aliphatic carbocycles. The van der Waals surface area contributed by atoms with E-state index < -0.39 is 0 Å². The van der Waals surface area contributed by atoms with Crippen LogP contribution in [0.3, 0.4) is 0 Å². The lowest BCUT2D eigenvalue weighted by Gasteiger charge is -2.23. The molecule has 14 heavy (non-hydrogen) atoms. The fourth-order valence-corrected chi connectivity index (χ4v) is 1.97. The van der Waals surface area contributed by atoms with Gasteiger partial charge in [0.25, 0.3) is 0 Å². The normalized spacial score (nSPS) is 10.2. The smallest absolute Gasteiger partial charge is 0.0510 e. The molecule has 0 aliphatic rings. The summed E-state index contributed by atoms with van der Waals surface area (Å²) in [4.78, 5) is 2.33. The molecule has 0 radical (unpaired) electrons. The van der Waals surface area contributed by atoms with E-state index >= 15 is 0 Å². The molecule has 0 aliphatic heterocycles. The van der Waals surface area contributed by atoms with Gasteiger partial charge in [0.2, 0.25) is 0 Å². The van der Waals surface area contributed by atoms with E-state index in [1.165, 1.54) is 5.69 Å². The molecule has 1 aromatic carbocycles. The number of hydrogen-bond donors (Lipinski definition) is 1. The average Bonchev–Trinajstić information content (AvgIpc) is 2.21. The van der Waals surface area contributed by atoms with E-state index in [1.54, 1.807) is 0 Å². The maximum atomic E-state index is 5.51. The molecule has 0 aromatic heterocycles. The van der Waals surface area contributed by atoms with E-state index in [2.05, 4.69) is 46.0 Å². The first-order chi connectivity index (χ1) is 6.79. The van der Waals surface area contributed by atoms with E-state index in [0.717, 1.165) is 30.5 Å². The highest BCUT2D eigenvalue weighted by Gasteiger charge is 2.06. The molecule has 0 saturated carbocycles. The lowest BCUT2D eigenvalue weighted by molar-refractivity contribution is 0.753. The molecule has 1 rings (SSSR count). The Morgan fingerprint density at radius 2 is 2.07 bits per heavy atom. The molecule has 0 bridgehead atoms. The first-order valence-electron chi connectivity index (χ1n) is 4.99. The average molecular weight is 257 g/mol. The summed E-state index contributed by atoms with van der Waals surface area (Å²) < 4.78 is 1.15. The number of nitrogens with zero attached hydrogens (tertiary/aromatic N) is 1. The van der Waals surface area contributed by atoms with Crippen LogP contribution in [0.25, 0.3) is 0 Å². The third-order valence-corrected chi connectivity index (χ3v) is 2.88. The van der Waals surface area contributed by atoms with Crippen molar-refractivity contribution in [2.75, 3.05) is 24.5 Å². The van der Waals surface area contributed by atoms with Crippen molar-refractivity contribution in [1.29, 1.82) is 0 Å². The largest absolute Gasteiger partial charge is 0.371 e. The molecule has 0 atom stereocenters. The molecule has 78 valence electrons. The summed E-state index contributed by atoms with van der Waals surface area (Å²) in [7, 11) is 0. The van der Waals surface area contributed by atoms with Crippen molar-refractivity contribution < 1.29 is 0 Å². The third kappa shape index (κ3) is 3.00. The summed E-state index contributed by atoms with van der Waals surface area (Å²) in [5, 5.41) is 0. The van der Waals surface area contributed by atoms with Gasteiger partial charge in [-0.15, -0.1) is 0 Å². The van der Waals surface area contributed by atoms with Gasteiger partial charge in [0.15, 0.2) is 0 Å². The summed E-state index contributed by atoms with van der Waals surface area (Å²) in [5.41, 5.74) is 6.76. The molecule has 2 N–H and O–H groups in total. The maximum absolute atomic E-state index is 5.51. The number of para-hydroxylation sites is 1. The second-order valence-corrected chi connectivity index (χ2v) is 4.03. The second-order valence-electron chi connectivity index (χ2n) is 3.17. The number of rotatable bonds is 5. The van der Waals surface area contributed by atoms with Gasteiger partial charge < -0.3 is 10.6 Å². The monoisotopic (exact) mass is 256 g/mol. The summed E-state index contributed by atoms with van der Waals surface area (Å²) in [6, 6.07) is 8.29. The Morgan fingerprint density at radius 1 is 1.36 bits per heavy atom. The summed E-state index contributed by atoms with van der Waals surface area (Å²) in [5.74, 6) is 0. The number of anilines is 1. The van der Waals surface area contributed by atoms with Gasteiger partial charge in [-0.25, -0.2) is 0 Å². The van der Waals surface area contributed by atoms with Crippen LogP contribution >= 0.6 is 15.9 Å². The summed E-state index contributed by atoms with van der Waals surface area (Å²) >= 11 is 3.56. The highest BCUT2D eigenvalue weighted by atomic mass is 79.9. The van der Waals surface area contributed by atoms with Gasteiger partial charge in [-0.1, -0.05) is 12.1 Å². The molecule has 2 nitrogen and oxygen atoms in total. The minimum Gasteiger partial charge on any atom is -0.371 e. The van der Waals surface area contributed by atoms with Gasteiger partial charge in [0.05, 0.1) is 5.69 Å². The number of nitrogens with two attached hydrogens (primary N) is 1. The van der Waals surface area contributed by atoms with Crippen LogP contribution in [0, 0.1) is 0 Å². The lowest BCUT2D eigenvalue weighted by atomic mass is 10.2. The predicted octanol–water partition coefficient (Wildman–Crippen LogP) is 2.62. The summed E-state index contributed by atoms with van der Waals surface area (Å²) in [6.07, 6.45) is 1.04. The van der Waals surface area contributed by atoms with E-state index in [-0.39, 0.29) is 0 Å². The van der Waals surface area contributed by atoms with Crippen LogP contribution in [0.1, 0.15) is 13.3 Å². The third-order valence-electron chi connectivity index (χ3n) is 2.21. The first kappa shape index (κ1) is 11.5. The van der Waals surface area contributed by atoms with Crippen LogP contribution in [0.5, 0.6) is 0 Å². The molecule has 0 unspecified atom stereocenters. The molecule has 0 saturated heterocycles. The Bertz CT molecular complexity index is 276. The minimum absolute atomic E-state index is 0.751. The van der Waals surface area contributed by atoms with Gasteiger partial charge in [0, 0.05) is 17.6 Å². The van der Waals surface area contributed by atoms with E-state index in [1.807, 2.05) is 6.07 Å². The first-order valence-corrected chi connectivity index (χ1v) is 5.78. The van der Waals surface area contributed by atoms with Crippen molar-refractivity contribution >= 4 is 21.6 Å². The van der Waals surface area contributed by atoms with Crippen LogP contribution in [-0.4, -0.2) is 19.6 Å². The van der Waals surface area contributed by atoms with Crippen molar-refractivity contribution in [2.24, 2.45) is 5.73 Å². The van der Waals surface area contributed by atoms with E-state index in [9.17, 15) is 0 Å². The van der Waals surface area contributed by atoms with Crippen molar-refractivity contribution in [1.82, 2.24) is 0 Å². The second kappa shape index (κ2) is 6.04. The van der Waals surface area contributed by atoms with Crippen molar-refractivity contribution in [3.63, 3.8) is 0 Å². The Labute approximate surface area is 94.2 Å². The van der Waals surface area contributed by atoms with Gasteiger partial charge in [-0.3, -0.25) is 0 Å². The van der Waals surface area contributed by atoms with Crippen molar-refractivity contribution in [3.05, 3.63) is 28.7 Å². The van der Waals surface area contributed by atoms with Crippen LogP contribution in [-0.2, 0) is 0 Å². The van der Waals surface area contributed by atoms with Gasteiger partial charge in [-0.2, -0.15) is 0 Å². The Balaban J connectivity index is 2.73. The van der Waals surface area contributed by atoms with Gasteiger partial charge in [-0.05, 0) is 48.0 Å². The van der Waals surface area contributed by atoms with Crippen LogP contribution in [0.4, 0.5) is 5.69 Å². The molecule has 3 heteroatoms. The number of hydrogen-bond acceptors (Lipinski definition) is 2. The SMILES string of the molecule is CCN(CCCN)c1ccccc1Br. The van der Waals surface area contributed by atoms with Crippen molar-refractivity contribution in [2.45, 2.75) is 13.3 Å². The highest BCUT2D eigenvalue weighted by Crippen LogP contribution is 2.25. The maximum Gasteiger partial charge on any atom is 0.0510 e. The highest BCUT2D eigenvalue weighted by molar-refractivity contribution is 9.10. The Morgan fingerprint density at radius 3 is 2.64 bits per heavy atom. The Hall–Kier alpha value is -0.540. The number of halogens is 1. The summed E-state index contributed by atoms with van der Waals surface area (Å²) in [6.45, 7) is 4.95.